The predicted molar refractivity (Wildman–Crippen MR) is 88.4 cm³/mol. The van der Waals surface area contributed by atoms with E-state index in [1.807, 2.05) is 0 Å². The fourth-order valence-corrected chi connectivity index (χ4v) is 5.08. The third-order valence-corrected chi connectivity index (χ3v) is 6.95. The molecule has 0 spiro atoms. The summed E-state index contributed by atoms with van der Waals surface area (Å²) in [6, 6.07) is 0.797. The number of hydrogen-bond donors (Lipinski definition) is 0. The highest BCUT2D eigenvalue weighted by Gasteiger charge is 2.44. The zero-order valence-electron chi connectivity index (χ0n) is 15.1. The van der Waals surface area contributed by atoms with Crippen LogP contribution in [0.3, 0.4) is 0 Å². The first-order chi connectivity index (χ1) is 13.4. The maximum atomic E-state index is 13.3. The Kier molecular flexibility index (Phi) is 6.14. The van der Waals surface area contributed by atoms with Gasteiger partial charge in [0.15, 0.2) is 5.69 Å². The fraction of sp³-hybridized carbons (Fsp3) is 0.688. The molecule has 29 heavy (non-hydrogen) atoms. The number of alkyl halides is 6. The minimum atomic E-state index is -5.35. The van der Waals surface area contributed by atoms with Crippen LogP contribution < -0.4 is 0 Å². The molecular weight excluding hydrogens is 428 g/mol. The number of hydrogen-bond acceptors (Lipinski definition) is 5. The Labute approximate surface area is 163 Å². The molecule has 0 amide bonds. The van der Waals surface area contributed by atoms with Crippen molar-refractivity contribution < 1.29 is 39.5 Å². The van der Waals surface area contributed by atoms with Gasteiger partial charge in [-0.1, -0.05) is 0 Å². The highest BCUT2D eigenvalue weighted by molar-refractivity contribution is 7.89. The van der Waals surface area contributed by atoms with E-state index < -0.39 is 38.7 Å². The third kappa shape index (κ3) is 4.84. The molecule has 13 heteroatoms. The normalized spacial score (nSPS) is 21.4. The van der Waals surface area contributed by atoms with E-state index in [1.54, 1.807) is 0 Å². The SMILES string of the molecule is O=S(=O)(c1ccc(C(F)(F)F)nc1C(F)(F)F)N1CCN(C2CCOCC2)CC1. The number of pyridine rings is 1. The van der Waals surface area contributed by atoms with Crippen molar-refractivity contribution in [2.45, 2.75) is 36.1 Å². The van der Waals surface area contributed by atoms with E-state index in [-0.39, 0.29) is 25.2 Å². The molecule has 0 N–H and O–H groups in total. The molecule has 1 aromatic rings. The quantitative estimate of drug-likeness (QED) is 0.667. The van der Waals surface area contributed by atoms with Crippen LogP contribution in [0.4, 0.5) is 26.3 Å². The van der Waals surface area contributed by atoms with Crippen LogP contribution in [0.2, 0.25) is 0 Å². The largest absolute Gasteiger partial charge is 0.434 e. The summed E-state index contributed by atoms with van der Waals surface area (Å²) in [7, 11) is -4.66. The molecule has 2 aliphatic rings. The molecule has 0 aliphatic carbocycles. The van der Waals surface area contributed by atoms with Crippen molar-refractivity contribution in [2.75, 3.05) is 39.4 Å². The lowest BCUT2D eigenvalue weighted by atomic mass is 10.1. The molecule has 0 bridgehead atoms. The number of sulfonamides is 1. The molecule has 2 fully saturated rings. The van der Waals surface area contributed by atoms with Gasteiger partial charge in [-0.05, 0) is 25.0 Å². The van der Waals surface area contributed by atoms with Gasteiger partial charge in [-0.2, -0.15) is 30.6 Å². The summed E-state index contributed by atoms with van der Waals surface area (Å²) in [4.78, 5) is 3.38. The molecule has 3 heterocycles. The topological polar surface area (TPSA) is 62.7 Å². The van der Waals surface area contributed by atoms with Crippen LogP contribution >= 0.6 is 0 Å². The van der Waals surface area contributed by atoms with E-state index >= 15 is 0 Å². The summed E-state index contributed by atoms with van der Waals surface area (Å²) in [5.74, 6) is 0. The number of nitrogens with zero attached hydrogens (tertiary/aromatic N) is 3. The van der Waals surface area contributed by atoms with Crippen LogP contribution in [0.15, 0.2) is 17.0 Å². The summed E-state index contributed by atoms with van der Waals surface area (Å²) in [6.45, 7) is 1.71. The molecule has 0 unspecified atom stereocenters. The maximum Gasteiger partial charge on any atom is 0.434 e. The van der Waals surface area contributed by atoms with Crippen LogP contribution in [0.5, 0.6) is 0 Å². The summed E-state index contributed by atoms with van der Waals surface area (Å²) >= 11 is 0. The van der Waals surface area contributed by atoms with Gasteiger partial charge in [-0.3, -0.25) is 4.90 Å². The maximum absolute atomic E-state index is 13.3. The molecule has 164 valence electrons. The molecule has 2 aliphatic heterocycles. The Morgan fingerprint density at radius 1 is 0.931 bits per heavy atom. The predicted octanol–water partition coefficient (Wildman–Crippen LogP) is 2.60. The van der Waals surface area contributed by atoms with E-state index in [0.717, 1.165) is 17.1 Å². The average Bonchev–Trinajstić information content (AvgIpc) is 2.67. The highest BCUT2D eigenvalue weighted by atomic mass is 32.2. The van der Waals surface area contributed by atoms with Crippen LogP contribution in [-0.4, -0.2) is 68.0 Å². The van der Waals surface area contributed by atoms with Crippen LogP contribution in [0.25, 0.3) is 0 Å². The molecule has 3 rings (SSSR count). The molecule has 0 aromatic carbocycles. The minimum Gasteiger partial charge on any atom is -0.381 e. The second kappa shape index (κ2) is 8.00. The van der Waals surface area contributed by atoms with Gasteiger partial charge in [-0.25, -0.2) is 13.4 Å². The van der Waals surface area contributed by atoms with Crippen molar-refractivity contribution in [3.8, 4) is 0 Å². The van der Waals surface area contributed by atoms with Gasteiger partial charge in [0.05, 0.1) is 0 Å². The Morgan fingerprint density at radius 3 is 2.03 bits per heavy atom. The van der Waals surface area contributed by atoms with Crippen LogP contribution in [0.1, 0.15) is 24.2 Å². The van der Waals surface area contributed by atoms with E-state index in [2.05, 4.69) is 9.88 Å². The Bertz CT molecular complexity index is 829. The van der Waals surface area contributed by atoms with Crippen LogP contribution in [-0.2, 0) is 27.1 Å². The fourth-order valence-electron chi connectivity index (χ4n) is 3.51. The monoisotopic (exact) mass is 447 g/mol. The molecule has 1 aromatic heterocycles. The number of aromatic nitrogens is 1. The second-order valence-corrected chi connectivity index (χ2v) is 8.73. The van der Waals surface area contributed by atoms with Crippen molar-refractivity contribution in [3.63, 3.8) is 0 Å². The first kappa shape index (κ1) is 22.2. The third-order valence-electron chi connectivity index (χ3n) is 5.02. The van der Waals surface area contributed by atoms with Crippen molar-refractivity contribution in [3.05, 3.63) is 23.5 Å². The lowest BCUT2D eigenvalue weighted by Gasteiger charge is -2.40. The van der Waals surface area contributed by atoms with Gasteiger partial charge in [-0.15, -0.1) is 0 Å². The van der Waals surface area contributed by atoms with Crippen molar-refractivity contribution >= 4 is 10.0 Å². The average molecular weight is 447 g/mol. The number of rotatable bonds is 3. The van der Waals surface area contributed by atoms with Crippen molar-refractivity contribution in [1.82, 2.24) is 14.2 Å². The van der Waals surface area contributed by atoms with Gasteiger partial charge in [0.25, 0.3) is 0 Å². The van der Waals surface area contributed by atoms with Crippen molar-refractivity contribution in [1.29, 1.82) is 0 Å². The Balaban J connectivity index is 1.84. The molecular formula is C16H19F6N3O3S. The Hall–Kier alpha value is -1.44. The van der Waals surface area contributed by atoms with Gasteiger partial charge in [0, 0.05) is 45.4 Å². The summed E-state index contributed by atoms with van der Waals surface area (Å²) in [5, 5.41) is 0. The van der Waals surface area contributed by atoms with Gasteiger partial charge >= 0.3 is 12.4 Å². The van der Waals surface area contributed by atoms with Gasteiger partial charge in [0.1, 0.15) is 10.6 Å². The second-order valence-electron chi connectivity index (χ2n) is 6.82. The first-order valence-corrected chi connectivity index (χ1v) is 10.3. The number of ether oxygens (including phenoxy) is 1. The zero-order chi connectivity index (χ0) is 21.4. The molecule has 2 saturated heterocycles. The van der Waals surface area contributed by atoms with E-state index in [1.165, 1.54) is 0 Å². The number of piperazine rings is 1. The summed E-state index contributed by atoms with van der Waals surface area (Å²) in [5.41, 5.74) is -3.85. The van der Waals surface area contributed by atoms with Crippen LogP contribution in [0, 0.1) is 0 Å². The first-order valence-electron chi connectivity index (χ1n) is 8.88. The van der Waals surface area contributed by atoms with E-state index in [0.29, 0.717) is 32.4 Å². The van der Waals surface area contributed by atoms with E-state index in [9.17, 15) is 34.8 Å². The highest BCUT2D eigenvalue weighted by Crippen LogP contribution is 2.37. The smallest absolute Gasteiger partial charge is 0.381 e. The van der Waals surface area contributed by atoms with Crippen molar-refractivity contribution in [2.24, 2.45) is 0 Å². The standard InChI is InChI=1S/C16H19F6N3O3S/c17-15(18,19)13-2-1-12(14(23-13)16(20,21)22)29(26,27)25-7-5-24(6-8-25)11-3-9-28-10-4-11/h1-2,11H,3-10H2. The summed E-state index contributed by atoms with van der Waals surface area (Å²) < 4.78 is 110. The molecule has 6 nitrogen and oxygen atoms in total. The van der Waals surface area contributed by atoms with E-state index in [4.69, 9.17) is 4.74 Å². The molecule has 0 radical (unpaired) electrons. The lowest BCUT2D eigenvalue weighted by molar-refractivity contribution is -0.151. The lowest BCUT2D eigenvalue weighted by Crippen LogP contribution is -2.53. The van der Waals surface area contributed by atoms with Gasteiger partial charge in [0.2, 0.25) is 10.0 Å². The Morgan fingerprint density at radius 2 is 1.52 bits per heavy atom. The molecule has 0 atom stereocenters. The van der Waals surface area contributed by atoms with Gasteiger partial charge < -0.3 is 4.74 Å². The zero-order valence-corrected chi connectivity index (χ0v) is 15.9. The summed E-state index contributed by atoms with van der Waals surface area (Å²) in [6.07, 6.45) is -8.91. The number of halogens is 6. The molecule has 0 saturated carbocycles. The minimum absolute atomic E-state index is 0.0575.